The molecule has 1 N–H and O–H groups in total. The number of fused-ring (bicyclic) bond motifs is 1. The molecular weight excluding hydrogens is 312 g/mol. The number of nitrogens with one attached hydrogen (secondary N) is 1. The van der Waals surface area contributed by atoms with E-state index in [1.165, 1.54) is 0 Å². The van der Waals surface area contributed by atoms with Crippen molar-refractivity contribution in [2.24, 2.45) is 7.05 Å². The fraction of sp³-hybridized carbons (Fsp3) is 0.167. The molecule has 1 aromatic carbocycles. The fourth-order valence-electron chi connectivity index (χ4n) is 1.68. The van der Waals surface area contributed by atoms with E-state index in [4.69, 9.17) is 0 Å². The number of benzene rings is 1. The minimum absolute atomic E-state index is 0.827. The summed E-state index contributed by atoms with van der Waals surface area (Å²) in [7, 11) is 1.93. The molecule has 6 heteroatoms. The summed E-state index contributed by atoms with van der Waals surface area (Å²) in [6, 6.07) is 8.07. The second kappa shape index (κ2) is 4.37. The predicted molar refractivity (Wildman–Crippen MR) is 78.5 cm³/mol. The second-order valence-corrected chi connectivity index (χ2v) is 6.00. The Morgan fingerprint density at radius 2 is 2.17 bits per heavy atom. The van der Waals surface area contributed by atoms with Gasteiger partial charge in [0, 0.05) is 23.3 Å². The first-order chi connectivity index (χ1) is 8.61. The highest BCUT2D eigenvalue weighted by Crippen LogP contribution is 2.30. The lowest BCUT2D eigenvalue weighted by Crippen LogP contribution is -1.94. The summed E-state index contributed by atoms with van der Waals surface area (Å²) in [6.45, 7) is 2.02. The molecule has 0 radical (unpaired) electrons. The molecule has 92 valence electrons. The van der Waals surface area contributed by atoms with E-state index >= 15 is 0 Å². The molecule has 2 aromatic heterocycles. The van der Waals surface area contributed by atoms with E-state index < -0.39 is 0 Å². The molecule has 4 nitrogen and oxygen atoms in total. The van der Waals surface area contributed by atoms with Crippen molar-refractivity contribution >= 4 is 48.4 Å². The van der Waals surface area contributed by atoms with Gasteiger partial charge in [-0.25, -0.2) is 4.98 Å². The number of hydrogen-bond acceptors (Lipinski definition) is 4. The van der Waals surface area contributed by atoms with Gasteiger partial charge >= 0.3 is 0 Å². The third kappa shape index (κ3) is 2.13. The molecular formula is C12H11BrN4S. The summed E-state index contributed by atoms with van der Waals surface area (Å²) in [6.07, 6.45) is 0. The van der Waals surface area contributed by atoms with E-state index in [2.05, 4.69) is 37.4 Å². The molecule has 0 atom stereocenters. The molecule has 0 spiro atoms. The Bertz CT molecular complexity index is 697. The molecule has 0 saturated carbocycles. The van der Waals surface area contributed by atoms with Crippen molar-refractivity contribution in [2.75, 3.05) is 5.32 Å². The summed E-state index contributed by atoms with van der Waals surface area (Å²) < 4.78 is 4.06. The highest BCUT2D eigenvalue weighted by molar-refractivity contribution is 9.10. The summed E-state index contributed by atoms with van der Waals surface area (Å²) >= 11 is 5.08. The van der Waals surface area contributed by atoms with Crippen LogP contribution in [0.25, 0.3) is 10.2 Å². The van der Waals surface area contributed by atoms with E-state index in [-0.39, 0.29) is 0 Å². The number of aryl methyl sites for hydroxylation is 2. The van der Waals surface area contributed by atoms with Crippen LogP contribution in [-0.2, 0) is 7.05 Å². The zero-order valence-electron chi connectivity index (χ0n) is 9.94. The first kappa shape index (κ1) is 11.7. The molecule has 0 amide bonds. The average molecular weight is 323 g/mol. The van der Waals surface area contributed by atoms with Crippen molar-refractivity contribution < 1.29 is 0 Å². The van der Waals surface area contributed by atoms with Gasteiger partial charge in [0.1, 0.15) is 0 Å². The fourth-order valence-corrected chi connectivity index (χ4v) is 3.11. The van der Waals surface area contributed by atoms with Gasteiger partial charge in [0.25, 0.3) is 0 Å². The van der Waals surface area contributed by atoms with Crippen molar-refractivity contribution in [3.05, 3.63) is 34.4 Å². The molecule has 3 aromatic rings. The summed E-state index contributed by atoms with van der Waals surface area (Å²) in [5.41, 5.74) is 2.11. The third-order valence-corrected chi connectivity index (χ3v) is 4.13. The number of nitrogens with zero attached hydrogens (tertiary/aromatic N) is 3. The molecule has 0 saturated heterocycles. The van der Waals surface area contributed by atoms with E-state index in [0.717, 1.165) is 31.3 Å². The smallest absolute Gasteiger partial charge is 0.189 e. The van der Waals surface area contributed by atoms with E-state index in [1.54, 1.807) is 11.3 Å². The van der Waals surface area contributed by atoms with Crippen molar-refractivity contribution in [1.29, 1.82) is 0 Å². The Kier molecular flexibility index (Phi) is 2.83. The van der Waals surface area contributed by atoms with Crippen LogP contribution in [0.3, 0.4) is 0 Å². The molecule has 0 fully saturated rings. The molecule has 0 aliphatic rings. The third-order valence-electron chi connectivity index (χ3n) is 2.70. The Morgan fingerprint density at radius 1 is 1.33 bits per heavy atom. The van der Waals surface area contributed by atoms with Gasteiger partial charge in [-0.1, -0.05) is 27.3 Å². The Hall–Kier alpha value is -1.40. The van der Waals surface area contributed by atoms with Gasteiger partial charge < -0.3 is 5.32 Å². The molecule has 0 unspecified atom stereocenters. The zero-order valence-corrected chi connectivity index (χ0v) is 12.3. The zero-order chi connectivity index (χ0) is 12.7. The lowest BCUT2D eigenvalue weighted by molar-refractivity contribution is 0.743. The Labute approximate surface area is 117 Å². The van der Waals surface area contributed by atoms with Gasteiger partial charge in [0.15, 0.2) is 10.9 Å². The van der Waals surface area contributed by atoms with Crippen LogP contribution < -0.4 is 5.32 Å². The normalized spacial score (nSPS) is 11.1. The topological polar surface area (TPSA) is 42.7 Å². The monoisotopic (exact) mass is 322 g/mol. The molecule has 0 aliphatic heterocycles. The van der Waals surface area contributed by atoms with Crippen molar-refractivity contribution in [2.45, 2.75) is 6.92 Å². The van der Waals surface area contributed by atoms with E-state index in [9.17, 15) is 0 Å². The van der Waals surface area contributed by atoms with Crippen LogP contribution in [0.2, 0.25) is 0 Å². The van der Waals surface area contributed by atoms with Gasteiger partial charge in [-0.05, 0) is 25.1 Å². The van der Waals surface area contributed by atoms with Crippen molar-refractivity contribution in [3.8, 4) is 0 Å². The van der Waals surface area contributed by atoms with Crippen LogP contribution in [0, 0.1) is 6.92 Å². The molecule has 18 heavy (non-hydrogen) atoms. The maximum Gasteiger partial charge on any atom is 0.189 e. The van der Waals surface area contributed by atoms with Gasteiger partial charge in [0.05, 0.1) is 10.2 Å². The van der Waals surface area contributed by atoms with E-state index in [0.29, 0.717) is 0 Å². The summed E-state index contributed by atoms with van der Waals surface area (Å²) in [5.74, 6) is 0.827. The predicted octanol–water partition coefficient (Wildman–Crippen LogP) is 3.84. The molecule has 2 heterocycles. The highest BCUT2D eigenvalue weighted by atomic mass is 79.9. The second-order valence-electron chi connectivity index (χ2n) is 4.05. The Morgan fingerprint density at radius 3 is 2.89 bits per heavy atom. The van der Waals surface area contributed by atoms with Crippen LogP contribution in [-0.4, -0.2) is 14.8 Å². The van der Waals surface area contributed by atoms with Crippen molar-refractivity contribution in [3.63, 3.8) is 0 Å². The number of halogens is 1. The first-order valence-corrected chi connectivity index (χ1v) is 7.06. The number of aromatic nitrogens is 3. The van der Waals surface area contributed by atoms with Crippen LogP contribution in [0.1, 0.15) is 5.69 Å². The first-order valence-electron chi connectivity index (χ1n) is 5.45. The number of hydrogen-bond donors (Lipinski definition) is 1. The average Bonchev–Trinajstić information content (AvgIpc) is 2.82. The standard InChI is InChI=1S/C12H11BrN4S/c1-7-5-11(16-17(7)2)15-12-14-9-4-3-8(13)6-10(9)18-12/h3-6H,1-2H3,(H,14,15,16). The van der Waals surface area contributed by atoms with Gasteiger partial charge in [0.2, 0.25) is 0 Å². The Balaban J connectivity index is 1.95. The maximum atomic E-state index is 4.53. The lowest BCUT2D eigenvalue weighted by atomic mass is 10.3. The van der Waals surface area contributed by atoms with Gasteiger partial charge in [-0.3, -0.25) is 4.68 Å². The quantitative estimate of drug-likeness (QED) is 0.779. The number of rotatable bonds is 2. The van der Waals surface area contributed by atoms with Gasteiger partial charge in [-0.2, -0.15) is 5.10 Å². The highest BCUT2D eigenvalue weighted by Gasteiger charge is 2.06. The maximum absolute atomic E-state index is 4.53. The van der Waals surface area contributed by atoms with Gasteiger partial charge in [-0.15, -0.1) is 0 Å². The van der Waals surface area contributed by atoms with Crippen LogP contribution in [0.4, 0.5) is 10.9 Å². The van der Waals surface area contributed by atoms with Crippen LogP contribution in [0.15, 0.2) is 28.7 Å². The van der Waals surface area contributed by atoms with Crippen LogP contribution in [0.5, 0.6) is 0 Å². The van der Waals surface area contributed by atoms with Crippen LogP contribution >= 0.6 is 27.3 Å². The minimum atomic E-state index is 0.827. The number of anilines is 2. The lowest BCUT2D eigenvalue weighted by Gasteiger charge is -1.94. The summed E-state index contributed by atoms with van der Waals surface area (Å²) in [5, 5.41) is 8.45. The molecule has 3 rings (SSSR count). The summed E-state index contributed by atoms with van der Waals surface area (Å²) in [4.78, 5) is 4.53. The minimum Gasteiger partial charge on any atom is -0.315 e. The largest absolute Gasteiger partial charge is 0.315 e. The number of thiazole rings is 1. The SMILES string of the molecule is Cc1cc(Nc2nc3ccc(Br)cc3s2)nn1C. The molecule has 0 aliphatic carbocycles. The van der Waals surface area contributed by atoms with E-state index in [1.807, 2.05) is 36.9 Å². The van der Waals surface area contributed by atoms with Crippen molar-refractivity contribution in [1.82, 2.24) is 14.8 Å². The molecule has 0 bridgehead atoms.